The molecule has 0 radical (unpaired) electrons. The van der Waals surface area contributed by atoms with Gasteiger partial charge in [-0.05, 0) is 24.6 Å². The van der Waals surface area contributed by atoms with Crippen LogP contribution in [0.25, 0.3) is 0 Å². The van der Waals surface area contributed by atoms with E-state index in [-0.39, 0.29) is 6.42 Å². The average Bonchev–Trinajstić information content (AvgIpc) is 2.10. The van der Waals surface area contributed by atoms with Crippen molar-refractivity contribution in [3.8, 4) is 11.8 Å². The number of carbonyl (C=O) groups excluding carboxylic acids is 1. The van der Waals surface area contributed by atoms with Gasteiger partial charge in [0, 0.05) is 11.3 Å². The first-order valence-electron chi connectivity index (χ1n) is 4.23. The van der Waals surface area contributed by atoms with Crippen molar-refractivity contribution in [3.63, 3.8) is 0 Å². The van der Waals surface area contributed by atoms with Gasteiger partial charge in [-0.15, -0.1) is 0 Å². The Morgan fingerprint density at radius 2 is 2.21 bits per heavy atom. The van der Waals surface area contributed by atoms with Crippen LogP contribution in [0.5, 0.6) is 0 Å². The smallest absolute Gasteiger partial charge is 0.229 e. The molecule has 1 aromatic rings. The highest BCUT2D eigenvalue weighted by Gasteiger charge is 1.94. The number of rotatable bonds is 1. The minimum absolute atomic E-state index is 0.0629. The van der Waals surface area contributed by atoms with E-state index in [1.807, 2.05) is 19.1 Å². The summed E-state index contributed by atoms with van der Waals surface area (Å²) in [5.41, 5.74) is 13.1. The predicted octanol–water partition coefficient (Wildman–Crippen LogP) is 0.804. The van der Waals surface area contributed by atoms with Crippen LogP contribution in [0.3, 0.4) is 0 Å². The third-order valence-electron chi connectivity index (χ3n) is 1.69. The van der Waals surface area contributed by atoms with Crippen molar-refractivity contribution in [1.82, 2.24) is 0 Å². The molecule has 3 heteroatoms. The second kappa shape index (κ2) is 4.33. The van der Waals surface area contributed by atoms with Gasteiger partial charge in [0.05, 0.1) is 6.42 Å². The lowest BCUT2D eigenvalue weighted by Crippen LogP contribution is -2.08. The van der Waals surface area contributed by atoms with E-state index in [1.165, 1.54) is 0 Å². The highest BCUT2D eigenvalue weighted by Crippen LogP contribution is 2.11. The van der Waals surface area contributed by atoms with Gasteiger partial charge >= 0.3 is 0 Å². The van der Waals surface area contributed by atoms with Crippen LogP contribution in [0, 0.1) is 18.8 Å². The van der Waals surface area contributed by atoms with Crippen LogP contribution in [0.1, 0.15) is 17.5 Å². The minimum Gasteiger partial charge on any atom is -0.398 e. The zero-order valence-corrected chi connectivity index (χ0v) is 8.00. The molecule has 0 saturated carbocycles. The van der Waals surface area contributed by atoms with Crippen molar-refractivity contribution in [1.29, 1.82) is 0 Å². The zero-order chi connectivity index (χ0) is 10.6. The van der Waals surface area contributed by atoms with Gasteiger partial charge in [0.2, 0.25) is 5.91 Å². The molecule has 0 saturated heterocycles. The summed E-state index contributed by atoms with van der Waals surface area (Å²) in [6, 6.07) is 5.58. The number of nitrogens with two attached hydrogens (primary N) is 2. The fourth-order valence-corrected chi connectivity index (χ4v) is 1.00. The van der Waals surface area contributed by atoms with E-state index in [2.05, 4.69) is 11.8 Å². The zero-order valence-electron chi connectivity index (χ0n) is 8.00. The predicted molar refractivity (Wildman–Crippen MR) is 56.3 cm³/mol. The normalized spacial score (nSPS) is 8.93. The molecule has 0 bridgehead atoms. The summed E-state index contributed by atoms with van der Waals surface area (Å²) in [5.74, 6) is 5.05. The van der Waals surface area contributed by atoms with Crippen LogP contribution in [-0.4, -0.2) is 5.91 Å². The number of hydrogen-bond donors (Lipinski definition) is 2. The Labute approximate surface area is 83.1 Å². The van der Waals surface area contributed by atoms with Gasteiger partial charge in [-0.1, -0.05) is 17.9 Å². The van der Waals surface area contributed by atoms with Gasteiger partial charge in [0.1, 0.15) is 0 Å². The summed E-state index contributed by atoms with van der Waals surface area (Å²) in [5, 5.41) is 0. The lowest BCUT2D eigenvalue weighted by molar-refractivity contribution is -0.117. The van der Waals surface area contributed by atoms with E-state index in [9.17, 15) is 4.79 Å². The number of aryl methyl sites for hydroxylation is 1. The summed E-state index contributed by atoms with van der Waals surface area (Å²) < 4.78 is 0. The lowest BCUT2D eigenvalue weighted by atomic mass is 10.1. The highest BCUT2D eigenvalue weighted by molar-refractivity contribution is 5.76. The van der Waals surface area contributed by atoms with Crippen molar-refractivity contribution in [3.05, 3.63) is 29.3 Å². The number of nitrogen functional groups attached to an aromatic ring is 1. The molecule has 0 atom stereocenters. The molecule has 1 rings (SSSR count). The molecule has 4 N–H and O–H groups in total. The summed E-state index contributed by atoms with van der Waals surface area (Å²) >= 11 is 0. The van der Waals surface area contributed by atoms with Gasteiger partial charge in [-0.3, -0.25) is 4.79 Å². The fourth-order valence-electron chi connectivity index (χ4n) is 1.00. The summed E-state index contributed by atoms with van der Waals surface area (Å²) in [6.07, 6.45) is 0.0629. The number of hydrogen-bond acceptors (Lipinski definition) is 2. The molecule has 0 aromatic heterocycles. The summed E-state index contributed by atoms with van der Waals surface area (Å²) in [7, 11) is 0. The van der Waals surface area contributed by atoms with Crippen molar-refractivity contribution in [2.45, 2.75) is 13.3 Å². The Kier molecular flexibility index (Phi) is 3.14. The fraction of sp³-hybridized carbons (Fsp3) is 0.182. The second-order valence-electron chi connectivity index (χ2n) is 3.04. The minimum atomic E-state index is -0.427. The van der Waals surface area contributed by atoms with Crippen LogP contribution in [0.4, 0.5) is 5.69 Å². The molecule has 0 aliphatic heterocycles. The van der Waals surface area contributed by atoms with Crippen molar-refractivity contribution < 1.29 is 4.79 Å². The number of benzene rings is 1. The SMILES string of the molecule is Cc1ccc(N)c(C#CCC(N)=O)c1. The molecule has 1 aromatic carbocycles. The summed E-state index contributed by atoms with van der Waals surface area (Å²) in [4.78, 5) is 10.4. The maximum atomic E-state index is 10.4. The third kappa shape index (κ3) is 2.83. The Balaban J connectivity index is 2.88. The van der Waals surface area contributed by atoms with Gasteiger partial charge in [-0.25, -0.2) is 0 Å². The molecular weight excluding hydrogens is 176 g/mol. The van der Waals surface area contributed by atoms with Crippen molar-refractivity contribution in [2.24, 2.45) is 5.73 Å². The van der Waals surface area contributed by atoms with E-state index in [1.54, 1.807) is 6.07 Å². The molecule has 72 valence electrons. The first-order valence-corrected chi connectivity index (χ1v) is 4.23. The Morgan fingerprint density at radius 3 is 2.86 bits per heavy atom. The molecule has 14 heavy (non-hydrogen) atoms. The maximum Gasteiger partial charge on any atom is 0.229 e. The van der Waals surface area contributed by atoms with E-state index < -0.39 is 5.91 Å². The standard InChI is InChI=1S/C11H12N2O/c1-8-5-6-10(12)9(7-8)3-2-4-11(13)14/h5-7H,4,12H2,1H3,(H2,13,14). The monoisotopic (exact) mass is 188 g/mol. The topological polar surface area (TPSA) is 69.1 Å². The Hall–Kier alpha value is -1.95. The number of carbonyl (C=O) groups is 1. The van der Waals surface area contributed by atoms with Gasteiger partial charge in [-0.2, -0.15) is 0 Å². The highest BCUT2D eigenvalue weighted by atomic mass is 16.1. The molecule has 3 nitrogen and oxygen atoms in total. The Morgan fingerprint density at radius 1 is 1.50 bits per heavy atom. The molecule has 0 aliphatic rings. The first kappa shape index (κ1) is 10.1. The van der Waals surface area contributed by atoms with E-state index in [4.69, 9.17) is 11.5 Å². The van der Waals surface area contributed by atoms with Crippen LogP contribution in [0.15, 0.2) is 18.2 Å². The maximum absolute atomic E-state index is 10.4. The van der Waals surface area contributed by atoms with Crippen LogP contribution < -0.4 is 11.5 Å². The third-order valence-corrected chi connectivity index (χ3v) is 1.69. The van der Waals surface area contributed by atoms with Gasteiger partial charge in [0.15, 0.2) is 0 Å². The lowest BCUT2D eigenvalue weighted by Gasteiger charge is -1.98. The summed E-state index contributed by atoms with van der Waals surface area (Å²) in [6.45, 7) is 1.96. The number of anilines is 1. The Bertz CT molecular complexity index is 413. The quantitative estimate of drug-likeness (QED) is 0.505. The van der Waals surface area contributed by atoms with Gasteiger partial charge < -0.3 is 11.5 Å². The van der Waals surface area contributed by atoms with E-state index in [0.717, 1.165) is 11.1 Å². The first-order chi connectivity index (χ1) is 6.59. The van der Waals surface area contributed by atoms with Crippen LogP contribution in [0.2, 0.25) is 0 Å². The van der Waals surface area contributed by atoms with Crippen molar-refractivity contribution in [2.75, 3.05) is 5.73 Å². The molecule has 0 aliphatic carbocycles. The largest absolute Gasteiger partial charge is 0.398 e. The van der Waals surface area contributed by atoms with Crippen LogP contribution in [-0.2, 0) is 4.79 Å². The number of primary amides is 1. The molecule has 0 unspecified atom stereocenters. The van der Waals surface area contributed by atoms with Gasteiger partial charge in [0.25, 0.3) is 0 Å². The molecular formula is C11H12N2O. The second-order valence-corrected chi connectivity index (χ2v) is 3.04. The van der Waals surface area contributed by atoms with Crippen molar-refractivity contribution >= 4 is 11.6 Å². The molecule has 0 fully saturated rings. The molecule has 1 amide bonds. The molecule has 0 spiro atoms. The van der Waals surface area contributed by atoms with E-state index >= 15 is 0 Å². The molecule has 0 heterocycles. The van der Waals surface area contributed by atoms with Crippen LogP contribution >= 0.6 is 0 Å². The average molecular weight is 188 g/mol. The van der Waals surface area contributed by atoms with E-state index in [0.29, 0.717) is 5.69 Å². The number of amides is 1.